The first-order chi connectivity index (χ1) is 14.2. The fraction of sp³-hybridized carbons (Fsp3) is 0.500. The number of aromatic nitrogens is 1. The predicted molar refractivity (Wildman–Crippen MR) is 117 cm³/mol. The van der Waals surface area contributed by atoms with Gasteiger partial charge in [-0.1, -0.05) is 43.7 Å². The molecule has 1 aliphatic heterocycles. The van der Waals surface area contributed by atoms with Crippen LogP contribution in [0.2, 0.25) is 0 Å². The van der Waals surface area contributed by atoms with E-state index in [0.717, 1.165) is 35.0 Å². The van der Waals surface area contributed by atoms with Gasteiger partial charge in [0.05, 0.1) is 18.7 Å². The maximum atomic E-state index is 10.0. The van der Waals surface area contributed by atoms with E-state index in [4.69, 9.17) is 0 Å². The number of hydrogen-bond acceptors (Lipinski definition) is 5. The van der Waals surface area contributed by atoms with Crippen molar-refractivity contribution >= 4 is 16.5 Å². The Bertz CT molecular complexity index is 928. The topological polar surface area (TPSA) is 60.2 Å². The summed E-state index contributed by atoms with van der Waals surface area (Å²) in [4.78, 5) is 7.65. The third-order valence-corrected chi connectivity index (χ3v) is 7.39. The lowest BCUT2D eigenvalue weighted by Gasteiger charge is -2.51. The normalized spacial score (nSPS) is 23.9. The van der Waals surface area contributed by atoms with E-state index in [1.165, 1.54) is 30.6 Å². The molecule has 1 saturated heterocycles. The minimum absolute atomic E-state index is 0.00678. The van der Waals surface area contributed by atoms with Crippen LogP contribution in [0, 0.1) is 29.1 Å². The Hall–Kier alpha value is -2.34. The van der Waals surface area contributed by atoms with Gasteiger partial charge >= 0.3 is 0 Å². The van der Waals surface area contributed by atoms with E-state index in [0.29, 0.717) is 0 Å². The highest BCUT2D eigenvalue weighted by Crippen LogP contribution is 2.44. The largest absolute Gasteiger partial charge is 0.394 e. The molecule has 1 aliphatic carbocycles. The second kappa shape index (κ2) is 8.99. The van der Waals surface area contributed by atoms with Crippen molar-refractivity contribution in [3.8, 4) is 17.9 Å². The molecule has 1 aromatic carbocycles. The van der Waals surface area contributed by atoms with Crippen molar-refractivity contribution in [3.63, 3.8) is 0 Å². The molecule has 2 fully saturated rings. The van der Waals surface area contributed by atoms with Crippen LogP contribution in [-0.4, -0.2) is 28.8 Å². The van der Waals surface area contributed by atoms with E-state index in [-0.39, 0.29) is 24.6 Å². The van der Waals surface area contributed by atoms with Gasteiger partial charge in [-0.2, -0.15) is 5.26 Å². The van der Waals surface area contributed by atoms with Crippen LogP contribution >= 0.6 is 11.3 Å². The SMILES string of the molecule is CCc1cnc(N2[C@H](C#N)[C@H](c3ccc(C#CCC4CCCC4)cc3)[C@H]2CO)s1. The van der Waals surface area contributed by atoms with Crippen LogP contribution in [0.25, 0.3) is 0 Å². The lowest BCUT2D eigenvalue weighted by atomic mass is 9.76. The van der Waals surface area contributed by atoms with Crippen LogP contribution in [0.4, 0.5) is 5.13 Å². The minimum atomic E-state index is -0.303. The molecule has 5 heteroatoms. The molecule has 0 bridgehead atoms. The van der Waals surface area contributed by atoms with Gasteiger partial charge in [-0.05, 0) is 42.9 Å². The molecular formula is C24H27N3OS. The molecule has 2 aromatic rings. The maximum absolute atomic E-state index is 10.0. The van der Waals surface area contributed by atoms with Gasteiger partial charge in [0.2, 0.25) is 0 Å². The van der Waals surface area contributed by atoms with Gasteiger partial charge in [-0.15, -0.1) is 11.3 Å². The number of nitrogens with zero attached hydrogens (tertiary/aromatic N) is 3. The number of nitriles is 1. The number of hydrogen-bond donors (Lipinski definition) is 1. The minimum Gasteiger partial charge on any atom is -0.394 e. The molecule has 150 valence electrons. The number of aliphatic hydroxyl groups excluding tert-OH is 1. The third kappa shape index (κ3) is 4.04. The first-order valence-corrected chi connectivity index (χ1v) is 11.4. The second-order valence-corrected chi connectivity index (χ2v) is 9.09. The molecule has 0 unspecified atom stereocenters. The molecule has 2 heterocycles. The first kappa shape index (κ1) is 20.0. The Balaban J connectivity index is 1.47. The molecule has 0 amide bonds. The quantitative estimate of drug-likeness (QED) is 0.745. The molecule has 1 aromatic heterocycles. The number of thiazole rings is 1. The monoisotopic (exact) mass is 405 g/mol. The lowest BCUT2D eigenvalue weighted by molar-refractivity contribution is 0.187. The molecule has 0 spiro atoms. The van der Waals surface area contributed by atoms with E-state index in [1.807, 2.05) is 23.2 Å². The molecule has 2 aliphatic rings. The standard InChI is InChI=1S/C24H27N3OS/c1-2-20-15-26-24(29-20)27-21(14-25)23(22(27)16-28)19-12-10-18(11-13-19)9-5-8-17-6-3-4-7-17/h10-13,15,17,21-23,28H,2-4,6-8,16H2,1H3/t21-,22-,23+/m1/s1. The number of benzene rings is 1. The fourth-order valence-electron chi connectivity index (χ4n) is 4.55. The Morgan fingerprint density at radius 2 is 2.00 bits per heavy atom. The molecule has 4 rings (SSSR count). The molecule has 0 radical (unpaired) electrons. The summed E-state index contributed by atoms with van der Waals surface area (Å²) in [6, 6.07) is 10.2. The van der Waals surface area contributed by atoms with Crippen molar-refractivity contribution in [1.29, 1.82) is 5.26 Å². The molecule has 1 N–H and O–H groups in total. The van der Waals surface area contributed by atoms with Crippen molar-refractivity contribution in [1.82, 2.24) is 4.98 Å². The molecular weight excluding hydrogens is 378 g/mol. The maximum Gasteiger partial charge on any atom is 0.186 e. The zero-order chi connectivity index (χ0) is 20.2. The van der Waals surface area contributed by atoms with E-state index in [2.05, 4.69) is 42.0 Å². The van der Waals surface area contributed by atoms with Crippen molar-refractivity contribution in [2.24, 2.45) is 5.92 Å². The highest BCUT2D eigenvalue weighted by atomic mass is 32.1. The molecule has 29 heavy (non-hydrogen) atoms. The fourth-order valence-corrected chi connectivity index (χ4v) is 5.50. The van der Waals surface area contributed by atoms with E-state index in [9.17, 15) is 10.4 Å². The summed E-state index contributed by atoms with van der Waals surface area (Å²) >= 11 is 1.61. The number of anilines is 1. The van der Waals surface area contributed by atoms with E-state index >= 15 is 0 Å². The molecule has 1 saturated carbocycles. The number of rotatable bonds is 5. The molecule has 3 atom stereocenters. The Labute approximate surface area is 177 Å². The van der Waals surface area contributed by atoms with Crippen molar-refractivity contribution in [2.75, 3.05) is 11.5 Å². The molecule has 4 nitrogen and oxygen atoms in total. The third-order valence-electron chi connectivity index (χ3n) is 6.24. The summed E-state index contributed by atoms with van der Waals surface area (Å²) in [7, 11) is 0. The van der Waals surface area contributed by atoms with Gasteiger partial charge < -0.3 is 10.0 Å². The van der Waals surface area contributed by atoms with Gasteiger partial charge in [0.25, 0.3) is 0 Å². The first-order valence-electron chi connectivity index (χ1n) is 10.6. The summed E-state index contributed by atoms with van der Waals surface area (Å²) in [6.45, 7) is 2.10. The van der Waals surface area contributed by atoms with E-state index in [1.54, 1.807) is 11.3 Å². The Morgan fingerprint density at radius 3 is 2.62 bits per heavy atom. The van der Waals surface area contributed by atoms with Crippen molar-refractivity contribution in [2.45, 2.75) is 63.5 Å². The zero-order valence-electron chi connectivity index (χ0n) is 16.8. The summed E-state index contributed by atoms with van der Waals surface area (Å²) in [5.41, 5.74) is 2.10. The summed E-state index contributed by atoms with van der Waals surface area (Å²) in [5.74, 6) is 7.39. The summed E-state index contributed by atoms with van der Waals surface area (Å²) in [6.07, 6.45) is 9.15. The van der Waals surface area contributed by atoms with Gasteiger partial charge in [-0.3, -0.25) is 0 Å². The van der Waals surface area contributed by atoms with Crippen LogP contribution in [-0.2, 0) is 6.42 Å². The van der Waals surface area contributed by atoms with Gasteiger partial charge in [-0.25, -0.2) is 4.98 Å². The average molecular weight is 406 g/mol. The second-order valence-electron chi connectivity index (χ2n) is 8.00. The van der Waals surface area contributed by atoms with Gasteiger partial charge in [0.1, 0.15) is 6.04 Å². The van der Waals surface area contributed by atoms with Gasteiger partial charge in [0.15, 0.2) is 5.13 Å². The van der Waals surface area contributed by atoms with Crippen molar-refractivity contribution in [3.05, 3.63) is 46.5 Å². The Kier molecular flexibility index (Phi) is 6.19. The highest BCUT2D eigenvalue weighted by Gasteiger charge is 2.50. The average Bonchev–Trinajstić information content (AvgIpc) is 3.41. The Morgan fingerprint density at radius 1 is 1.24 bits per heavy atom. The highest BCUT2D eigenvalue weighted by molar-refractivity contribution is 7.15. The number of aryl methyl sites for hydroxylation is 1. The van der Waals surface area contributed by atoms with Crippen molar-refractivity contribution < 1.29 is 5.11 Å². The number of aliphatic hydroxyl groups is 1. The zero-order valence-corrected chi connectivity index (χ0v) is 17.7. The summed E-state index contributed by atoms with van der Waals surface area (Å²) < 4.78 is 0. The van der Waals surface area contributed by atoms with Crippen LogP contribution < -0.4 is 4.90 Å². The van der Waals surface area contributed by atoms with Crippen LogP contribution in [0.15, 0.2) is 30.5 Å². The smallest absolute Gasteiger partial charge is 0.186 e. The van der Waals surface area contributed by atoms with Crippen LogP contribution in [0.3, 0.4) is 0 Å². The van der Waals surface area contributed by atoms with E-state index < -0.39 is 0 Å². The lowest BCUT2D eigenvalue weighted by Crippen LogP contribution is -2.63. The predicted octanol–water partition coefficient (Wildman–Crippen LogP) is 4.49. The van der Waals surface area contributed by atoms with Gasteiger partial charge in [0, 0.05) is 29.0 Å². The summed E-state index contributed by atoms with van der Waals surface area (Å²) in [5, 5.41) is 20.6. The van der Waals surface area contributed by atoms with Crippen LogP contribution in [0.1, 0.15) is 60.9 Å². The van der Waals surface area contributed by atoms with Crippen LogP contribution in [0.5, 0.6) is 0 Å².